The molecule has 1 saturated heterocycles. The lowest BCUT2D eigenvalue weighted by molar-refractivity contribution is 0.0885. The second kappa shape index (κ2) is 8.26. The lowest BCUT2D eigenvalue weighted by atomic mass is 10.00. The maximum absolute atomic E-state index is 11.9. The molecule has 1 fully saturated rings. The molecule has 0 aliphatic carbocycles. The molecule has 2 aromatic rings. The average Bonchev–Trinajstić information content (AvgIpc) is 2.69. The smallest absolute Gasteiger partial charge is 0.409 e. The zero-order valence-corrected chi connectivity index (χ0v) is 15.7. The van der Waals surface area contributed by atoms with Crippen molar-refractivity contribution in [3.05, 3.63) is 63.1 Å². The van der Waals surface area contributed by atoms with Crippen molar-refractivity contribution in [1.82, 2.24) is 14.8 Å². The Morgan fingerprint density at radius 3 is 2.48 bits per heavy atom. The number of H-pyrrole nitrogens is 1. The van der Waals surface area contributed by atoms with E-state index in [0.29, 0.717) is 44.7 Å². The summed E-state index contributed by atoms with van der Waals surface area (Å²) in [4.78, 5) is 29.9. The SMILES string of the molecule is COC(=O)N1CCN(Cc2c(Cc3ccc(C)cc3)c[nH]c(=O)c2O)CC1. The van der Waals surface area contributed by atoms with Crippen LogP contribution in [0, 0.1) is 6.92 Å². The fourth-order valence-electron chi connectivity index (χ4n) is 3.30. The van der Waals surface area contributed by atoms with Crippen molar-refractivity contribution in [3.63, 3.8) is 0 Å². The minimum atomic E-state index is -0.481. The number of amides is 1. The molecule has 1 amide bonds. The van der Waals surface area contributed by atoms with Gasteiger partial charge in [-0.1, -0.05) is 29.8 Å². The van der Waals surface area contributed by atoms with E-state index in [-0.39, 0.29) is 11.8 Å². The van der Waals surface area contributed by atoms with Crippen LogP contribution in [0.2, 0.25) is 0 Å². The molecule has 0 atom stereocenters. The number of ether oxygens (including phenoxy) is 1. The molecular weight excluding hydrogens is 346 g/mol. The van der Waals surface area contributed by atoms with E-state index in [1.165, 1.54) is 12.7 Å². The van der Waals surface area contributed by atoms with Crippen molar-refractivity contribution in [2.75, 3.05) is 33.3 Å². The number of carbonyl (C=O) groups excluding carboxylic acids is 1. The summed E-state index contributed by atoms with van der Waals surface area (Å²) in [5.41, 5.74) is 3.36. The van der Waals surface area contributed by atoms with E-state index >= 15 is 0 Å². The molecule has 7 nitrogen and oxygen atoms in total. The number of rotatable bonds is 4. The second-order valence-corrected chi connectivity index (χ2v) is 6.87. The highest BCUT2D eigenvalue weighted by Crippen LogP contribution is 2.22. The van der Waals surface area contributed by atoms with Gasteiger partial charge in [0.2, 0.25) is 0 Å². The normalized spacial score (nSPS) is 15.0. The van der Waals surface area contributed by atoms with Crippen LogP contribution in [0.25, 0.3) is 0 Å². The van der Waals surface area contributed by atoms with Crippen LogP contribution in [0.1, 0.15) is 22.3 Å². The predicted octanol–water partition coefficient (Wildman–Crippen LogP) is 1.86. The number of nitrogens with one attached hydrogen (secondary N) is 1. The largest absolute Gasteiger partial charge is 0.503 e. The van der Waals surface area contributed by atoms with Crippen molar-refractivity contribution in [1.29, 1.82) is 0 Å². The van der Waals surface area contributed by atoms with Gasteiger partial charge in [0.1, 0.15) is 0 Å². The maximum atomic E-state index is 11.9. The topological polar surface area (TPSA) is 85.9 Å². The van der Waals surface area contributed by atoms with E-state index in [4.69, 9.17) is 4.74 Å². The van der Waals surface area contributed by atoms with Crippen LogP contribution in [-0.2, 0) is 17.7 Å². The molecule has 144 valence electrons. The molecule has 1 aromatic heterocycles. The van der Waals surface area contributed by atoms with Gasteiger partial charge >= 0.3 is 6.09 Å². The van der Waals surface area contributed by atoms with Crippen LogP contribution in [0.3, 0.4) is 0 Å². The van der Waals surface area contributed by atoms with Gasteiger partial charge in [0, 0.05) is 44.5 Å². The van der Waals surface area contributed by atoms with E-state index in [1.54, 1.807) is 11.1 Å². The van der Waals surface area contributed by atoms with Gasteiger partial charge < -0.3 is 19.7 Å². The van der Waals surface area contributed by atoms with Crippen LogP contribution < -0.4 is 5.56 Å². The molecule has 1 aliphatic heterocycles. The van der Waals surface area contributed by atoms with Gasteiger partial charge in [-0.3, -0.25) is 9.69 Å². The summed E-state index contributed by atoms with van der Waals surface area (Å²) >= 11 is 0. The number of aromatic nitrogens is 1. The molecule has 2 N–H and O–H groups in total. The van der Waals surface area contributed by atoms with Crippen LogP contribution >= 0.6 is 0 Å². The number of pyridine rings is 1. The van der Waals surface area contributed by atoms with E-state index in [2.05, 4.69) is 22.0 Å². The average molecular weight is 371 g/mol. The molecule has 0 bridgehead atoms. The third kappa shape index (κ3) is 4.49. The zero-order chi connectivity index (χ0) is 19.4. The van der Waals surface area contributed by atoms with Gasteiger partial charge in [-0.25, -0.2) is 4.79 Å². The Kier molecular flexibility index (Phi) is 5.81. The van der Waals surface area contributed by atoms with Gasteiger partial charge in [-0.15, -0.1) is 0 Å². The van der Waals surface area contributed by atoms with E-state index in [0.717, 1.165) is 11.1 Å². The Morgan fingerprint density at radius 2 is 1.85 bits per heavy atom. The molecule has 2 heterocycles. The molecule has 1 aliphatic rings. The first-order valence-electron chi connectivity index (χ1n) is 9.01. The first-order valence-corrected chi connectivity index (χ1v) is 9.01. The Bertz CT molecular complexity index is 853. The number of aryl methyl sites for hydroxylation is 1. The number of carbonyl (C=O) groups is 1. The Balaban J connectivity index is 1.76. The summed E-state index contributed by atoms with van der Waals surface area (Å²) in [6.07, 6.45) is 1.98. The van der Waals surface area contributed by atoms with E-state index in [9.17, 15) is 14.7 Å². The first kappa shape index (κ1) is 19.0. The van der Waals surface area contributed by atoms with Crippen molar-refractivity contribution in [3.8, 4) is 5.75 Å². The van der Waals surface area contributed by atoms with Crippen molar-refractivity contribution in [2.45, 2.75) is 19.9 Å². The van der Waals surface area contributed by atoms with Gasteiger partial charge in [-0.2, -0.15) is 0 Å². The second-order valence-electron chi connectivity index (χ2n) is 6.87. The Labute approximate surface area is 158 Å². The Morgan fingerprint density at radius 1 is 1.19 bits per heavy atom. The van der Waals surface area contributed by atoms with Crippen molar-refractivity contribution < 1.29 is 14.6 Å². The van der Waals surface area contributed by atoms with Crippen LogP contribution in [0.5, 0.6) is 5.75 Å². The minimum Gasteiger partial charge on any atom is -0.503 e. The summed E-state index contributed by atoms with van der Waals surface area (Å²) in [6, 6.07) is 8.20. The molecule has 0 radical (unpaired) electrons. The number of benzene rings is 1. The third-order valence-electron chi connectivity index (χ3n) is 4.97. The monoisotopic (exact) mass is 371 g/mol. The molecule has 1 aromatic carbocycles. The van der Waals surface area contributed by atoms with Gasteiger partial charge in [0.25, 0.3) is 5.56 Å². The standard InChI is InChI=1S/C20H25N3O4/c1-14-3-5-15(6-4-14)11-16-12-21-19(25)18(24)17(16)13-22-7-9-23(10-8-22)20(26)27-2/h3-6,12,24H,7-11,13H2,1-2H3,(H,21,25). The van der Waals surface area contributed by atoms with Gasteiger partial charge in [-0.05, 0) is 24.5 Å². The molecule has 0 saturated carbocycles. The highest BCUT2D eigenvalue weighted by atomic mass is 16.5. The fraction of sp³-hybridized carbons (Fsp3) is 0.400. The third-order valence-corrected chi connectivity index (χ3v) is 4.97. The molecular formula is C20H25N3O4. The van der Waals surface area contributed by atoms with Crippen LogP contribution in [-0.4, -0.2) is 59.3 Å². The molecule has 3 rings (SSSR count). The van der Waals surface area contributed by atoms with Crippen molar-refractivity contribution >= 4 is 6.09 Å². The fourth-order valence-corrected chi connectivity index (χ4v) is 3.30. The number of aromatic hydroxyl groups is 1. The molecule has 0 spiro atoms. The van der Waals surface area contributed by atoms with E-state index < -0.39 is 5.56 Å². The number of nitrogens with zero attached hydrogens (tertiary/aromatic N) is 2. The lowest BCUT2D eigenvalue weighted by Gasteiger charge is -2.34. The summed E-state index contributed by atoms with van der Waals surface area (Å²) < 4.78 is 4.75. The number of aromatic amines is 1. The maximum Gasteiger partial charge on any atom is 0.409 e. The molecule has 0 unspecified atom stereocenters. The molecule has 7 heteroatoms. The number of piperazine rings is 1. The minimum absolute atomic E-state index is 0.227. The highest BCUT2D eigenvalue weighted by Gasteiger charge is 2.23. The summed E-state index contributed by atoms with van der Waals surface area (Å²) in [7, 11) is 1.38. The summed E-state index contributed by atoms with van der Waals surface area (Å²) in [5.74, 6) is -0.227. The van der Waals surface area contributed by atoms with Crippen molar-refractivity contribution in [2.24, 2.45) is 0 Å². The van der Waals surface area contributed by atoms with Crippen LogP contribution in [0.4, 0.5) is 4.79 Å². The Hall–Kier alpha value is -2.80. The highest BCUT2D eigenvalue weighted by molar-refractivity contribution is 5.67. The number of hydrogen-bond donors (Lipinski definition) is 2. The van der Waals surface area contributed by atoms with Gasteiger partial charge in [0.05, 0.1) is 7.11 Å². The van der Waals surface area contributed by atoms with Gasteiger partial charge in [0.15, 0.2) is 5.75 Å². The quantitative estimate of drug-likeness (QED) is 0.857. The zero-order valence-electron chi connectivity index (χ0n) is 15.7. The summed E-state index contributed by atoms with van der Waals surface area (Å²) in [6.45, 7) is 4.94. The first-order chi connectivity index (χ1) is 13.0. The number of hydrogen-bond acceptors (Lipinski definition) is 5. The predicted molar refractivity (Wildman–Crippen MR) is 102 cm³/mol. The van der Waals surface area contributed by atoms with Crippen LogP contribution in [0.15, 0.2) is 35.3 Å². The molecule has 27 heavy (non-hydrogen) atoms. The summed E-state index contributed by atoms with van der Waals surface area (Å²) in [5, 5.41) is 10.4. The number of methoxy groups -OCH3 is 1. The lowest BCUT2D eigenvalue weighted by Crippen LogP contribution is -2.48. The van der Waals surface area contributed by atoms with E-state index in [1.807, 2.05) is 19.1 Å².